The SMILES string of the molecule is CN1CCN(CC2(O)CCC(c3ccccc3)CC2)CC(C(=O)N(C)C)C1. The molecule has 5 nitrogen and oxygen atoms in total. The van der Waals surface area contributed by atoms with Crippen molar-refractivity contribution in [3.05, 3.63) is 35.9 Å². The van der Waals surface area contributed by atoms with Crippen LogP contribution in [0.3, 0.4) is 0 Å². The molecule has 1 N–H and O–H groups in total. The molecule has 150 valence electrons. The van der Waals surface area contributed by atoms with Crippen molar-refractivity contribution in [3.8, 4) is 0 Å². The summed E-state index contributed by atoms with van der Waals surface area (Å²) >= 11 is 0. The van der Waals surface area contributed by atoms with Crippen molar-refractivity contribution in [2.45, 2.75) is 37.2 Å². The zero-order chi connectivity index (χ0) is 19.4. The minimum Gasteiger partial charge on any atom is -0.389 e. The molecule has 0 radical (unpaired) electrons. The van der Waals surface area contributed by atoms with Gasteiger partial charge in [0.2, 0.25) is 5.91 Å². The lowest BCUT2D eigenvalue weighted by Gasteiger charge is -2.40. The summed E-state index contributed by atoms with van der Waals surface area (Å²) in [6, 6.07) is 10.7. The van der Waals surface area contributed by atoms with Gasteiger partial charge in [-0.3, -0.25) is 9.69 Å². The number of benzene rings is 1. The van der Waals surface area contributed by atoms with Crippen LogP contribution in [0.5, 0.6) is 0 Å². The molecule has 1 aliphatic carbocycles. The standard InChI is InChI=1S/C22H35N3O2/c1-23(2)21(26)20-15-24(3)13-14-25(16-20)17-22(27)11-9-19(10-12-22)18-7-5-4-6-8-18/h4-8,19-20,27H,9-17H2,1-3H3. The summed E-state index contributed by atoms with van der Waals surface area (Å²) in [4.78, 5) is 18.8. The van der Waals surface area contributed by atoms with Gasteiger partial charge in [-0.1, -0.05) is 30.3 Å². The van der Waals surface area contributed by atoms with E-state index in [2.05, 4.69) is 47.2 Å². The summed E-state index contributed by atoms with van der Waals surface area (Å²) < 4.78 is 0. The number of β-amino-alcohol motifs (C(OH)–C–C–N with tert-alkyl or cyclic N) is 1. The highest BCUT2D eigenvalue weighted by Gasteiger charge is 2.37. The van der Waals surface area contributed by atoms with Crippen LogP contribution in [0.2, 0.25) is 0 Å². The Labute approximate surface area is 163 Å². The topological polar surface area (TPSA) is 47.0 Å². The Morgan fingerprint density at radius 2 is 1.81 bits per heavy atom. The molecular formula is C22H35N3O2. The number of rotatable bonds is 4. The van der Waals surface area contributed by atoms with E-state index in [-0.39, 0.29) is 11.8 Å². The fraction of sp³-hybridized carbons (Fsp3) is 0.682. The van der Waals surface area contributed by atoms with Gasteiger partial charge < -0.3 is 14.9 Å². The average Bonchev–Trinajstić information content (AvgIpc) is 2.83. The maximum Gasteiger partial charge on any atom is 0.227 e. The maximum absolute atomic E-state index is 12.5. The highest BCUT2D eigenvalue weighted by atomic mass is 16.3. The molecule has 1 saturated carbocycles. The van der Waals surface area contributed by atoms with Crippen LogP contribution in [0.15, 0.2) is 30.3 Å². The van der Waals surface area contributed by atoms with Crippen molar-refractivity contribution in [3.63, 3.8) is 0 Å². The summed E-state index contributed by atoms with van der Waals surface area (Å²) in [6.45, 7) is 4.07. The van der Waals surface area contributed by atoms with Gasteiger partial charge in [-0.15, -0.1) is 0 Å². The predicted octanol–water partition coefficient (Wildman–Crippen LogP) is 2.03. The van der Waals surface area contributed by atoms with Gasteiger partial charge in [-0.2, -0.15) is 0 Å². The third-order valence-corrected chi connectivity index (χ3v) is 6.30. The molecule has 27 heavy (non-hydrogen) atoms. The second-order valence-electron chi connectivity index (χ2n) is 8.84. The molecule has 1 aliphatic heterocycles. The molecule has 1 aromatic rings. The van der Waals surface area contributed by atoms with Gasteiger partial charge in [0, 0.05) is 46.8 Å². The van der Waals surface area contributed by atoms with Crippen molar-refractivity contribution in [2.24, 2.45) is 5.92 Å². The van der Waals surface area contributed by atoms with Gasteiger partial charge >= 0.3 is 0 Å². The first kappa shape index (κ1) is 20.3. The molecule has 0 bridgehead atoms. The molecule has 2 fully saturated rings. The molecule has 1 unspecified atom stereocenters. The first-order valence-corrected chi connectivity index (χ1v) is 10.3. The zero-order valence-electron chi connectivity index (χ0n) is 17.1. The van der Waals surface area contributed by atoms with Gasteiger partial charge in [-0.05, 0) is 44.2 Å². The van der Waals surface area contributed by atoms with Crippen LogP contribution in [0.1, 0.15) is 37.2 Å². The molecule has 1 aromatic carbocycles. The first-order valence-electron chi connectivity index (χ1n) is 10.3. The van der Waals surface area contributed by atoms with E-state index in [0.29, 0.717) is 12.5 Å². The van der Waals surface area contributed by atoms with Crippen LogP contribution < -0.4 is 0 Å². The number of likely N-dealkylation sites (N-methyl/N-ethyl adjacent to an activating group) is 1. The van der Waals surface area contributed by atoms with E-state index < -0.39 is 5.60 Å². The van der Waals surface area contributed by atoms with E-state index in [4.69, 9.17) is 0 Å². The van der Waals surface area contributed by atoms with Crippen molar-refractivity contribution in [1.29, 1.82) is 0 Å². The Balaban J connectivity index is 1.59. The van der Waals surface area contributed by atoms with Gasteiger partial charge in [0.05, 0.1) is 11.5 Å². The molecule has 5 heteroatoms. The lowest BCUT2D eigenvalue weighted by Crippen LogP contribution is -2.48. The highest BCUT2D eigenvalue weighted by Crippen LogP contribution is 2.38. The Kier molecular flexibility index (Phi) is 6.56. The van der Waals surface area contributed by atoms with Crippen LogP contribution in [-0.2, 0) is 4.79 Å². The molecule has 0 spiro atoms. The Morgan fingerprint density at radius 3 is 2.44 bits per heavy atom. The Hall–Kier alpha value is -1.43. The molecular weight excluding hydrogens is 338 g/mol. The van der Waals surface area contributed by atoms with E-state index >= 15 is 0 Å². The van der Waals surface area contributed by atoms with E-state index in [1.807, 2.05) is 14.1 Å². The molecule has 1 heterocycles. The molecule has 1 amide bonds. The van der Waals surface area contributed by atoms with E-state index in [9.17, 15) is 9.90 Å². The van der Waals surface area contributed by atoms with Crippen LogP contribution in [0, 0.1) is 5.92 Å². The third kappa shape index (κ3) is 5.31. The number of hydrogen-bond donors (Lipinski definition) is 1. The quantitative estimate of drug-likeness (QED) is 0.877. The number of nitrogens with zero attached hydrogens (tertiary/aromatic N) is 3. The van der Waals surface area contributed by atoms with Gasteiger partial charge in [0.25, 0.3) is 0 Å². The normalized spacial score (nSPS) is 30.7. The van der Waals surface area contributed by atoms with Crippen LogP contribution in [-0.4, -0.2) is 85.2 Å². The fourth-order valence-corrected chi connectivity index (χ4v) is 4.69. The maximum atomic E-state index is 12.5. The number of aliphatic hydroxyl groups is 1. The number of carbonyl (C=O) groups is 1. The monoisotopic (exact) mass is 373 g/mol. The number of hydrogen-bond acceptors (Lipinski definition) is 4. The lowest BCUT2D eigenvalue weighted by atomic mass is 9.76. The molecule has 2 aliphatic rings. The summed E-state index contributed by atoms with van der Waals surface area (Å²) in [7, 11) is 5.74. The van der Waals surface area contributed by atoms with Crippen LogP contribution in [0.4, 0.5) is 0 Å². The van der Waals surface area contributed by atoms with Gasteiger partial charge in [-0.25, -0.2) is 0 Å². The molecule has 0 aromatic heterocycles. The van der Waals surface area contributed by atoms with Crippen molar-refractivity contribution >= 4 is 5.91 Å². The fourth-order valence-electron chi connectivity index (χ4n) is 4.69. The molecule has 1 atom stereocenters. The summed E-state index contributed by atoms with van der Waals surface area (Å²) in [5, 5.41) is 11.2. The molecule has 3 rings (SSSR count). The van der Waals surface area contributed by atoms with Gasteiger partial charge in [0.1, 0.15) is 0 Å². The highest BCUT2D eigenvalue weighted by molar-refractivity contribution is 5.78. The lowest BCUT2D eigenvalue weighted by molar-refractivity contribution is -0.134. The number of carbonyl (C=O) groups excluding carboxylic acids is 1. The van der Waals surface area contributed by atoms with E-state index in [0.717, 1.165) is 51.9 Å². The van der Waals surface area contributed by atoms with E-state index in [1.54, 1.807) is 4.90 Å². The summed E-state index contributed by atoms with van der Waals surface area (Å²) in [6.07, 6.45) is 3.75. The summed E-state index contributed by atoms with van der Waals surface area (Å²) in [5.41, 5.74) is 0.771. The minimum absolute atomic E-state index is 0.0169. The summed E-state index contributed by atoms with van der Waals surface area (Å²) in [5.74, 6) is 0.732. The Bertz CT molecular complexity index is 611. The minimum atomic E-state index is -0.625. The van der Waals surface area contributed by atoms with Crippen molar-refractivity contribution in [2.75, 3.05) is 53.9 Å². The van der Waals surface area contributed by atoms with Crippen molar-refractivity contribution in [1.82, 2.24) is 14.7 Å². The smallest absolute Gasteiger partial charge is 0.227 e. The molecule has 1 saturated heterocycles. The number of amides is 1. The largest absolute Gasteiger partial charge is 0.389 e. The first-order chi connectivity index (χ1) is 12.9. The van der Waals surface area contributed by atoms with Crippen LogP contribution >= 0.6 is 0 Å². The van der Waals surface area contributed by atoms with Crippen molar-refractivity contribution < 1.29 is 9.90 Å². The zero-order valence-corrected chi connectivity index (χ0v) is 17.1. The van der Waals surface area contributed by atoms with E-state index in [1.165, 1.54) is 5.56 Å². The second kappa shape index (κ2) is 8.72. The average molecular weight is 374 g/mol. The third-order valence-electron chi connectivity index (χ3n) is 6.30. The predicted molar refractivity (Wildman–Crippen MR) is 109 cm³/mol. The van der Waals surface area contributed by atoms with Crippen LogP contribution in [0.25, 0.3) is 0 Å². The Morgan fingerprint density at radius 1 is 1.15 bits per heavy atom. The van der Waals surface area contributed by atoms with Gasteiger partial charge in [0.15, 0.2) is 0 Å². The second-order valence-corrected chi connectivity index (χ2v) is 8.84.